The summed E-state index contributed by atoms with van der Waals surface area (Å²) >= 11 is 0. The minimum atomic E-state index is 0.281. The molecule has 158 valence electrons. The molecule has 2 aromatic carbocycles. The zero-order valence-corrected chi connectivity index (χ0v) is 17.6. The molecule has 1 heterocycles. The van der Waals surface area contributed by atoms with Crippen LogP contribution >= 0.6 is 0 Å². The molecule has 1 aliphatic rings. The Morgan fingerprint density at radius 3 is 1.93 bits per heavy atom. The average molecular weight is 402 g/mol. The zero-order valence-electron chi connectivity index (χ0n) is 17.6. The number of methoxy groups -OCH3 is 4. The molecule has 0 aromatic heterocycles. The molecule has 0 saturated heterocycles. The monoisotopic (exact) mass is 402 g/mol. The first kappa shape index (κ1) is 21.3. The standard InChI is InChI=1S/C23H30O6/c1-24-13-18(9-16-5-7-20(26-3)22(11-16)27-4)19(14-25-2)10-17-6-8-21-23(12-17)29-15-28-21/h5-8,11-12,18-19H,9-10,13-15H2,1-4H3. The number of rotatable bonds is 11. The second-order valence-corrected chi connectivity index (χ2v) is 7.22. The molecule has 2 atom stereocenters. The van der Waals surface area contributed by atoms with E-state index in [0.717, 1.165) is 35.8 Å². The second-order valence-electron chi connectivity index (χ2n) is 7.22. The van der Waals surface area contributed by atoms with Crippen molar-refractivity contribution < 1.29 is 28.4 Å². The van der Waals surface area contributed by atoms with Gasteiger partial charge < -0.3 is 28.4 Å². The lowest BCUT2D eigenvalue weighted by molar-refractivity contribution is 0.0697. The fraction of sp³-hybridized carbons (Fsp3) is 0.478. The Labute approximate surface area is 172 Å². The Kier molecular flexibility index (Phi) is 7.61. The molecule has 1 aliphatic heterocycles. The maximum Gasteiger partial charge on any atom is 0.231 e. The molecule has 6 nitrogen and oxygen atoms in total. The maximum absolute atomic E-state index is 5.56. The van der Waals surface area contributed by atoms with Crippen LogP contribution in [0.2, 0.25) is 0 Å². The molecule has 0 fully saturated rings. The molecule has 2 unspecified atom stereocenters. The summed E-state index contributed by atoms with van der Waals surface area (Å²) in [6.45, 7) is 1.58. The predicted octanol–water partition coefficient (Wildman–Crippen LogP) is 3.74. The topological polar surface area (TPSA) is 55.4 Å². The Morgan fingerprint density at radius 1 is 0.724 bits per heavy atom. The summed E-state index contributed by atoms with van der Waals surface area (Å²) in [6.07, 6.45) is 1.72. The Bertz CT molecular complexity index is 791. The van der Waals surface area contributed by atoms with Gasteiger partial charge in [-0.2, -0.15) is 0 Å². The van der Waals surface area contributed by atoms with E-state index in [9.17, 15) is 0 Å². The summed E-state index contributed by atoms with van der Waals surface area (Å²) in [5.41, 5.74) is 2.38. The van der Waals surface area contributed by atoms with Crippen molar-refractivity contribution in [2.24, 2.45) is 11.8 Å². The van der Waals surface area contributed by atoms with Crippen LogP contribution < -0.4 is 18.9 Å². The van der Waals surface area contributed by atoms with Crippen molar-refractivity contribution in [3.05, 3.63) is 47.5 Å². The van der Waals surface area contributed by atoms with Crippen molar-refractivity contribution in [1.82, 2.24) is 0 Å². The highest BCUT2D eigenvalue weighted by molar-refractivity contribution is 5.45. The van der Waals surface area contributed by atoms with Gasteiger partial charge >= 0.3 is 0 Å². The number of benzene rings is 2. The van der Waals surface area contributed by atoms with Gasteiger partial charge in [-0.25, -0.2) is 0 Å². The Balaban J connectivity index is 1.78. The van der Waals surface area contributed by atoms with Crippen molar-refractivity contribution in [1.29, 1.82) is 0 Å². The average Bonchev–Trinajstić information content (AvgIpc) is 3.21. The molecule has 29 heavy (non-hydrogen) atoms. The molecular weight excluding hydrogens is 372 g/mol. The summed E-state index contributed by atoms with van der Waals surface area (Å²) < 4.78 is 32.9. The number of hydrogen-bond acceptors (Lipinski definition) is 6. The molecule has 0 bridgehead atoms. The molecular formula is C23H30O6. The van der Waals surface area contributed by atoms with Crippen LogP contribution in [0.1, 0.15) is 11.1 Å². The molecule has 0 aliphatic carbocycles. The number of hydrogen-bond donors (Lipinski definition) is 0. The highest BCUT2D eigenvalue weighted by atomic mass is 16.7. The van der Waals surface area contributed by atoms with Gasteiger partial charge in [0.1, 0.15) is 0 Å². The van der Waals surface area contributed by atoms with Crippen LogP contribution in [0.15, 0.2) is 36.4 Å². The maximum atomic E-state index is 5.56. The Hall–Kier alpha value is -2.44. The van der Waals surface area contributed by atoms with Gasteiger partial charge in [-0.3, -0.25) is 0 Å². The van der Waals surface area contributed by atoms with E-state index in [-0.39, 0.29) is 18.6 Å². The third-order valence-electron chi connectivity index (χ3n) is 5.31. The van der Waals surface area contributed by atoms with Gasteiger partial charge in [0.2, 0.25) is 6.79 Å². The van der Waals surface area contributed by atoms with Crippen molar-refractivity contribution in [2.45, 2.75) is 12.8 Å². The normalized spacial score (nSPS) is 14.5. The molecule has 0 N–H and O–H groups in total. The number of fused-ring (bicyclic) bond motifs is 1. The SMILES string of the molecule is COCC(Cc1ccc(OC)c(OC)c1)C(COC)Cc1ccc2c(c1)OCO2. The minimum absolute atomic E-state index is 0.281. The van der Waals surface area contributed by atoms with Crippen LogP contribution in [0.4, 0.5) is 0 Å². The molecule has 2 aromatic rings. The molecule has 0 amide bonds. The first-order valence-corrected chi connectivity index (χ1v) is 9.75. The Morgan fingerprint density at radius 2 is 1.31 bits per heavy atom. The first-order valence-electron chi connectivity index (χ1n) is 9.75. The van der Waals surface area contributed by atoms with Crippen molar-refractivity contribution in [2.75, 3.05) is 48.4 Å². The van der Waals surface area contributed by atoms with Gasteiger partial charge in [0, 0.05) is 27.4 Å². The van der Waals surface area contributed by atoms with Crippen LogP contribution in [0.5, 0.6) is 23.0 Å². The van der Waals surface area contributed by atoms with Gasteiger partial charge in [-0.15, -0.1) is 0 Å². The van der Waals surface area contributed by atoms with Crippen LogP contribution in [0.25, 0.3) is 0 Å². The van der Waals surface area contributed by atoms with Gasteiger partial charge in [0.05, 0.1) is 14.2 Å². The van der Waals surface area contributed by atoms with Crippen LogP contribution in [0.3, 0.4) is 0 Å². The summed E-state index contributed by atoms with van der Waals surface area (Å²) in [6, 6.07) is 12.2. The van der Waals surface area contributed by atoms with Crippen LogP contribution in [-0.2, 0) is 22.3 Å². The highest BCUT2D eigenvalue weighted by Gasteiger charge is 2.24. The van der Waals surface area contributed by atoms with E-state index >= 15 is 0 Å². The predicted molar refractivity (Wildman–Crippen MR) is 110 cm³/mol. The van der Waals surface area contributed by atoms with E-state index in [1.807, 2.05) is 18.2 Å². The highest BCUT2D eigenvalue weighted by Crippen LogP contribution is 2.34. The fourth-order valence-electron chi connectivity index (χ4n) is 3.83. The lowest BCUT2D eigenvalue weighted by atomic mass is 9.83. The van der Waals surface area contributed by atoms with E-state index in [1.165, 1.54) is 11.1 Å². The smallest absolute Gasteiger partial charge is 0.231 e. The molecule has 3 rings (SSSR count). The zero-order chi connectivity index (χ0) is 20.6. The van der Waals surface area contributed by atoms with Crippen LogP contribution in [-0.4, -0.2) is 48.4 Å². The molecule has 6 heteroatoms. The van der Waals surface area contributed by atoms with Crippen molar-refractivity contribution >= 4 is 0 Å². The second kappa shape index (κ2) is 10.4. The van der Waals surface area contributed by atoms with E-state index < -0.39 is 0 Å². The summed E-state index contributed by atoms with van der Waals surface area (Å²) in [7, 11) is 6.78. The van der Waals surface area contributed by atoms with E-state index in [1.54, 1.807) is 28.4 Å². The summed E-state index contributed by atoms with van der Waals surface area (Å²) in [5.74, 6) is 3.64. The lowest BCUT2D eigenvalue weighted by Gasteiger charge is -2.27. The van der Waals surface area contributed by atoms with Gasteiger partial charge in [0.15, 0.2) is 23.0 Å². The summed E-state index contributed by atoms with van der Waals surface area (Å²) in [4.78, 5) is 0. The molecule has 0 saturated carbocycles. The van der Waals surface area contributed by atoms with E-state index in [0.29, 0.717) is 13.2 Å². The molecule has 0 radical (unpaired) electrons. The van der Waals surface area contributed by atoms with Crippen molar-refractivity contribution in [3.8, 4) is 23.0 Å². The first-order chi connectivity index (χ1) is 14.2. The van der Waals surface area contributed by atoms with Crippen LogP contribution in [0, 0.1) is 11.8 Å². The lowest BCUT2D eigenvalue weighted by Crippen LogP contribution is -2.27. The van der Waals surface area contributed by atoms with Gasteiger partial charge in [-0.1, -0.05) is 12.1 Å². The minimum Gasteiger partial charge on any atom is -0.493 e. The fourth-order valence-corrected chi connectivity index (χ4v) is 3.83. The van der Waals surface area contributed by atoms with Crippen molar-refractivity contribution in [3.63, 3.8) is 0 Å². The third-order valence-corrected chi connectivity index (χ3v) is 5.31. The van der Waals surface area contributed by atoms with E-state index in [2.05, 4.69) is 18.2 Å². The quantitative estimate of drug-likeness (QED) is 0.571. The van der Waals surface area contributed by atoms with E-state index in [4.69, 9.17) is 28.4 Å². The summed E-state index contributed by atoms with van der Waals surface area (Å²) in [5, 5.41) is 0. The largest absolute Gasteiger partial charge is 0.493 e. The van der Waals surface area contributed by atoms with Gasteiger partial charge in [-0.05, 0) is 60.1 Å². The van der Waals surface area contributed by atoms with Gasteiger partial charge in [0.25, 0.3) is 0 Å². The third kappa shape index (κ3) is 5.34. The number of ether oxygens (including phenoxy) is 6. The molecule has 0 spiro atoms.